The van der Waals surface area contributed by atoms with Crippen LogP contribution in [0.3, 0.4) is 0 Å². The molecule has 1 aliphatic rings. The van der Waals surface area contributed by atoms with Crippen LogP contribution in [-0.4, -0.2) is 30.7 Å². The first kappa shape index (κ1) is 12.9. The van der Waals surface area contributed by atoms with Crippen LogP contribution >= 0.6 is 12.2 Å². The Balaban J connectivity index is 2.17. The molecule has 1 aromatic carbocycles. The summed E-state index contributed by atoms with van der Waals surface area (Å²) in [7, 11) is 3.25. The molecule has 0 saturated heterocycles. The number of methoxy groups -OCH3 is 2. The molecule has 20 heavy (non-hydrogen) atoms. The number of rotatable bonds is 3. The fraction of sp³-hybridized carbons (Fsp3) is 0.286. The van der Waals surface area contributed by atoms with Gasteiger partial charge >= 0.3 is 0 Å². The van der Waals surface area contributed by atoms with Gasteiger partial charge in [-0.25, -0.2) is 4.98 Å². The van der Waals surface area contributed by atoms with Crippen LogP contribution < -0.4 is 14.8 Å². The van der Waals surface area contributed by atoms with Crippen molar-refractivity contribution in [3.8, 4) is 22.8 Å². The summed E-state index contributed by atoms with van der Waals surface area (Å²) < 4.78 is 11.1. The molecule has 104 valence electrons. The molecule has 2 aromatic rings. The Morgan fingerprint density at radius 3 is 2.75 bits per heavy atom. The highest BCUT2D eigenvalue weighted by Crippen LogP contribution is 2.35. The highest BCUT2D eigenvalue weighted by Gasteiger charge is 2.18. The molecule has 5 nitrogen and oxygen atoms in total. The zero-order chi connectivity index (χ0) is 14.1. The van der Waals surface area contributed by atoms with E-state index in [2.05, 4.69) is 15.3 Å². The van der Waals surface area contributed by atoms with Gasteiger partial charge in [0.05, 0.1) is 19.9 Å². The molecule has 0 aliphatic carbocycles. The average Bonchev–Trinajstić information content (AvgIpc) is 2.93. The number of H-pyrrole nitrogens is 1. The lowest BCUT2D eigenvalue weighted by Crippen LogP contribution is -1.97. The lowest BCUT2D eigenvalue weighted by atomic mass is 10.0. The Labute approximate surface area is 122 Å². The van der Waals surface area contributed by atoms with E-state index in [9.17, 15) is 0 Å². The predicted molar refractivity (Wildman–Crippen MR) is 80.2 cm³/mol. The van der Waals surface area contributed by atoms with Crippen LogP contribution in [0.1, 0.15) is 5.56 Å². The van der Waals surface area contributed by atoms with Crippen LogP contribution in [0.2, 0.25) is 0 Å². The summed E-state index contributed by atoms with van der Waals surface area (Å²) in [6, 6.07) is 5.82. The van der Waals surface area contributed by atoms with E-state index in [1.54, 1.807) is 14.2 Å². The third-order valence-electron chi connectivity index (χ3n) is 3.37. The highest BCUT2D eigenvalue weighted by atomic mass is 32.1. The second kappa shape index (κ2) is 5.13. The number of anilines is 1. The fourth-order valence-electron chi connectivity index (χ4n) is 2.43. The minimum absolute atomic E-state index is 0.475. The van der Waals surface area contributed by atoms with Gasteiger partial charge in [-0.1, -0.05) is 0 Å². The first-order valence-corrected chi connectivity index (χ1v) is 6.73. The first-order chi connectivity index (χ1) is 9.72. The lowest BCUT2D eigenvalue weighted by Gasteiger charge is -2.11. The van der Waals surface area contributed by atoms with Crippen molar-refractivity contribution >= 4 is 18.0 Å². The van der Waals surface area contributed by atoms with Crippen LogP contribution in [0.15, 0.2) is 18.2 Å². The van der Waals surface area contributed by atoms with Crippen molar-refractivity contribution in [2.75, 3.05) is 26.1 Å². The molecule has 0 unspecified atom stereocenters. The third-order valence-corrected chi connectivity index (χ3v) is 3.57. The maximum absolute atomic E-state index is 5.35. The number of fused-ring (bicyclic) bond motifs is 1. The van der Waals surface area contributed by atoms with Crippen LogP contribution in [0.4, 0.5) is 5.82 Å². The van der Waals surface area contributed by atoms with Crippen molar-refractivity contribution in [2.45, 2.75) is 6.42 Å². The van der Waals surface area contributed by atoms with Gasteiger partial charge in [0.15, 0.2) is 16.3 Å². The summed E-state index contributed by atoms with van der Waals surface area (Å²) in [4.78, 5) is 7.49. The standard InChI is InChI=1S/C14H15N3O2S/c1-18-10-4-3-8(7-11(10)19-2)12-9-5-6-15-13(9)17-14(20)16-12/h3-4,7H,5-6H2,1-2H3,(H2,15,16,17,20). The smallest absolute Gasteiger partial charge is 0.199 e. The molecule has 2 heterocycles. The van der Waals surface area contributed by atoms with E-state index < -0.39 is 0 Å². The molecule has 6 heteroatoms. The average molecular weight is 289 g/mol. The van der Waals surface area contributed by atoms with Crippen molar-refractivity contribution in [1.29, 1.82) is 0 Å². The molecule has 0 radical (unpaired) electrons. The van der Waals surface area contributed by atoms with Gasteiger partial charge in [0.25, 0.3) is 0 Å². The molecular formula is C14H15N3O2S. The number of hydrogen-bond acceptors (Lipinski definition) is 5. The van der Waals surface area contributed by atoms with Crippen molar-refractivity contribution < 1.29 is 9.47 Å². The number of ether oxygens (including phenoxy) is 2. The van der Waals surface area contributed by atoms with Crippen molar-refractivity contribution in [3.63, 3.8) is 0 Å². The summed E-state index contributed by atoms with van der Waals surface area (Å²) in [5, 5.41) is 3.25. The summed E-state index contributed by atoms with van der Waals surface area (Å²) in [6.45, 7) is 0.884. The van der Waals surface area contributed by atoms with Gasteiger partial charge in [0, 0.05) is 17.7 Å². The SMILES string of the molecule is COc1ccc(-c2[nH]c(=S)nc3c2CCN3)cc1OC. The van der Waals surface area contributed by atoms with Crippen LogP contribution in [0, 0.1) is 4.77 Å². The van der Waals surface area contributed by atoms with Gasteiger partial charge in [-0.2, -0.15) is 0 Å². The van der Waals surface area contributed by atoms with E-state index in [1.165, 1.54) is 0 Å². The molecule has 0 amide bonds. The van der Waals surface area contributed by atoms with E-state index in [0.29, 0.717) is 16.3 Å². The van der Waals surface area contributed by atoms with Gasteiger partial charge in [-0.15, -0.1) is 0 Å². The monoisotopic (exact) mass is 289 g/mol. The van der Waals surface area contributed by atoms with Crippen LogP contribution in [-0.2, 0) is 6.42 Å². The second-order valence-electron chi connectivity index (χ2n) is 4.49. The molecule has 0 spiro atoms. The van der Waals surface area contributed by atoms with Gasteiger partial charge in [-0.05, 0) is 36.8 Å². The molecule has 3 rings (SSSR count). The Bertz CT molecular complexity index is 712. The predicted octanol–water partition coefficient (Wildman–Crippen LogP) is 2.79. The van der Waals surface area contributed by atoms with Gasteiger partial charge in [-0.3, -0.25) is 0 Å². The molecule has 1 aromatic heterocycles. The van der Waals surface area contributed by atoms with Crippen molar-refractivity contribution in [2.24, 2.45) is 0 Å². The zero-order valence-electron chi connectivity index (χ0n) is 11.3. The lowest BCUT2D eigenvalue weighted by molar-refractivity contribution is 0.355. The molecule has 0 fully saturated rings. The molecule has 0 bridgehead atoms. The van der Waals surface area contributed by atoms with E-state index >= 15 is 0 Å². The highest BCUT2D eigenvalue weighted by molar-refractivity contribution is 7.71. The van der Waals surface area contributed by atoms with E-state index in [4.69, 9.17) is 21.7 Å². The van der Waals surface area contributed by atoms with Crippen molar-refractivity contribution in [1.82, 2.24) is 9.97 Å². The van der Waals surface area contributed by atoms with Crippen molar-refractivity contribution in [3.05, 3.63) is 28.5 Å². The van der Waals surface area contributed by atoms with Gasteiger partial charge in [0.2, 0.25) is 0 Å². The minimum Gasteiger partial charge on any atom is -0.493 e. The molecule has 1 aliphatic heterocycles. The third kappa shape index (κ3) is 2.12. The minimum atomic E-state index is 0.475. The number of nitrogens with one attached hydrogen (secondary N) is 2. The number of hydrogen-bond donors (Lipinski definition) is 2. The molecule has 0 saturated carbocycles. The first-order valence-electron chi connectivity index (χ1n) is 6.32. The van der Waals surface area contributed by atoms with Gasteiger partial charge < -0.3 is 19.8 Å². The van der Waals surface area contributed by atoms with E-state index in [0.717, 1.165) is 35.6 Å². The number of aromatic amines is 1. The Hall–Kier alpha value is -2.08. The largest absolute Gasteiger partial charge is 0.493 e. The van der Waals surface area contributed by atoms with E-state index in [-0.39, 0.29) is 0 Å². The Kier molecular flexibility index (Phi) is 3.31. The normalized spacial score (nSPS) is 12.7. The molecule has 2 N–H and O–H groups in total. The second-order valence-corrected chi connectivity index (χ2v) is 4.88. The summed E-state index contributed by atoms with van der Waals surface area (Å²) in [5.74, 6) is 2.28. The maximum atomic E-state index is 5.35. The summed E-state index contributed by atoms with van der Waals surface area (Å²) in [5.41, 5.74) is 3.16. The van der Waals surface area contributed by atoms with E-state index in [1.807, 2.05) is 18.2 Å². The molecule has 0 atom stereocenters. The number of aromatic nitrogens is 2. The Morgan fingerprint density at radius 1 is 1.20 bits per heavy atom. The topological polar surface area (TPSA) is 59.2 Å². The zero-order valence-corrected chi connectivity index (χ0v) is 12.1. The van der Waals surface area contributed by atoms with Crippen LogP contribution in [0.25, 0.3) is 11.3 Å². The number of nitrogens with zero attached hydrogens (tertiary/aromatic N) is 1. The molecular weight excluding hydrogens is 274 g/mol. The van der Waals surface area contributed by atoms with Gasteiger partial charge in [0.1, 0.15) is 5.82 Å². The quantitative estimate of drug-likeness (QED) is 0.851. The summed E-state index contributed by atoms with van der Waals surface area (Å²) in [6.07, 6.45) is 0.929. The number of benzene rings is 1. The van der Waals surface area contributed by atoms with Crippen LogP contribution in [0.5, 0.6) is 11.5 Å². The Morgan fingerprint density at radius 2 is 2.00 bits per heavy atom. The fourth-order valence-corrected chi connectivity index (χ4v) is 2.62. The maximum Gasteiger partial charge on any atom is 0.199 e. The summed E-state index contributed by atoms with van der Waals surface area (Å²) >= 11 is 5.19.